The molecular formula is C35H46O3. The number of hydrogen-bond donors (Lipinski definition) is 0. The molecule has 2 aromatic rings. The molecule has 1 saturated carbocycles. The second-order valence-electron chi connectivity index (χ2n) is 12.2. The van der Waals surface area contributed by atoms with E-state index in [0.29, 0.717) is 6.42 Å². The smallest absolute Gasteiger partial charge is 0.163 e. The van der Waals surface area contributed by atoms with Gasteiger partial charge >= 0.3 is 0 Å². The number of Topliss-reactive ketones (excluding diaryl/α,β-unsaturated/α-hetero) is 3. The van der Waals surface area contributed by atoms with E-state index in [9.17, 15) is 14.4 Å². The molecule has 38 heavy (non-hydrogen) atoms. The molecule has 0 saturated heterocycles. The average Bonchev–Trinajstić information content (AvgIpc) is 3.38. The van der Waals surface area contributed by atoms with Gasteiger partial charge in [-0.25, -0.2) is 0 Å². The van der Waals surface area contributed by atoms with Gasteiger partial charge in [0.05, 0.1) is 6.42 Å². The van der Waals surface area contributed by atoms with Crippen LogP contribution in [0.15, 0.2) is 36.4 Å². The summed E-state index contributed by atoms with van der Waals surface area (Å²) in [6, 6.07) is 13.4. The number of ketones is 3. The van der Waals surface area contributed by atoms with Gasteiger partial charge in [0, 0.05) is 17.9 Å². The highest BCUT2D eigenvalue weighted by molar-refractivity contribution is 6.02. The van der Waals surface area contributed by atoms with E-state index in [4.69, 9.17) is 0 Å². The number of aryl methyl sites for hydroxylation is 1. The summed E-state index contributed by atoms with van der Waals surface area (Å²) in [7, 11) is 0. The van der Waals surface area contributed by atoms with Crippen molar-refractivity contribution in [2.45, 2.75) is 105 Å². The topological polar surface area (TPSA) is 51.2 Å². The maximum atomic E-state index is 13.5. The van der Waals surface area contributed by atoms with Gasteiger partial charge in [-0.15, -0.1) is 0 Å². The SMILES string of the molecule is CCCC(CC1CC(=O)c2c(C)ccc(-c3ccc(CC4CCCC4)cc3)c2C1)C(CC)C(=O)CC(C)=O. The van der Waals surface area contributed by atoms with E-state index in [0.717, 1.165) is 49.1 Å². The molecular weight excluding hydrogens is 468 g/mol. The first kappa shape index (κ1) is 28.5. The van der Waals surface area contributed by atoms with Gasteiger partial charge in [0.15, 0.2) is 5.78 Å². The van der Waals surface area contributed by atoms with Gasteiger partial charge < -0.3 is 0 Å². The number of carbonyl (C=O) groups is 3. The Kier molecular flexibility index (Phi) is 9.74. The van der Waals surface area contributed by atoms with Crippen molar-refractivity contribution in [1.29, 1.82) is 0 Å². The molecule has 3 unspecified atom stereocenters. The first-order valence-electron chi connectivity index (χ1n) is 15.1. The largest absolute Gasteiger partial charge is 0.300 e. The fourth-order valence-electron chi connectivity index (χ4n) is 7.38. The quantitative estimate of drug-likeness (QED) is 0.267. The van der Waals surface area contributed by atoms with Crippen LogP contribution < -0.4 is 0 Å². The Morgan fingerprint density at radius 1 is 0.947 bits per heavy atom. The van der Waals surface area contributed by atoms with Crippen molar-refractivity contribution in [2.24, 2.45) is 23.7 Å². The third-order valence-electron chi connectivity index (χ3n) is 9.17. The van der Waals surface area contributed by atoms with Gasteiger partial charge in [-0.2, -0.15) is 0 Å². The summed E-state index contributed by atoms with van der Waals surface area (Å²) in [5, 5.41) is 0. The molecule has 1 fully saturated rings. The van der Waals surface area contributed by atoms with Gasteiger partial charge in [0.2, 0.25) is 0 Å². The number of fused-ring (bicyclic) bond motifs is 1. The summed E-state index contributed by atoms with van der Waals surface area (Å²) < 4.78 is 0. The van der Waals surface area contributed by atoms with Crippen LogP contribution in [-0.2, 0) is 22.4 Å². The van der Waals surface area contributed by atoms with E-state index in [1.165, 1.54) is 61.3 Å². The number of carbonyl (C=O) groups excluding carboxylic acids is 3. The van der Waals surface area contributed by atoms with Gasteiger partial charge in [-0.1, -0.05) is 88.8 Å². The minimum Gasteiger partial charge on any atom is -0.300 e. The van der Waals surface area contributed by atoms with Gasteiger partial charge in [0.25, 0.3) is 0 Å². The Hall–Kier alpha value is -2.55. The zero-order valence-electron chi connectivity index (χ0n) is 24.0. The lowest BCUT2D eigenvalue weighted by Gasteiger charge is -2.32. The van der Waals surface area contributed by atoms with Crippen LogP contribution in [0.3, 0.4) is 0 Å². The van der Waals surface area contributed by atoms with Crippen LogP contribution in [0.2, 0.25) is 0 Å². The predicted molar refractivity (Wildman–Crippen MR) is 156 cm³/mol. The molecule has 0 N–H and O–H groups in total. The molecule has 2 aliphatic rings. The van der Waals surface area contributed by atoms with E-state index >= 15 is 0 Å². The van der Waals surface area contributed by atoms with Crippen LogP contribution in [0.5, 0.6) is 0 Å². The molecule has 0 spiro atoms. The Morgan fingerprint density at radius 2 is 1.66 bits per heavy atom. The molecule has 0 aromatic heterocycles. The molecule has 3 atom stereocenters. The van der Waals surface area contributed by atoms with Crippen molar-refractivity contribution in [3.63, 3.8) is 0 Å². The van der Waals surface area contributed by atoms with E-state index in [1.54, 1.807) is 0 Å². The average molecular weight is 515 g/mol. The van der Waals surface area contributed by atoms with Gasteiger partial charge in [-0.05, 0) is 85.1 Å². The van der Waals surface area contributed by atoms with E-state index in [1.807, 2.05) is 0 Å². The molecule has 4 rings (SSSR count). The van der Waals surface area contributed by atoms with E-state index < -0.39 is 0 Å². The standard InChI is InChI=1S/C35H46O3/c1-5-9-29(30(6-2)33(37)18-24(4)36)20-27-21-32-31(17-12-23(3)35(32)34(38)22-27)28-15-13-26(14-16-28)19-25-10-7-8-11-25/h12-17,25,27,29-30H,5-11,18-22H2,1-4H3. The molecule has 2 aromatic carbocycles. The number of benzene rings is 2. The second kappa shape index (κ2) is 13.0. The summed E-state index contributed by atoms with van der Waals surface area (Å²) in [4.78, 5) is 38.1. The minimum absolute atomic E-state index is 0.0330. The molecule has 3 heteroatoms. The van der Waals surface area contributed by atoms with Crippen LogP contribution >= 0.6 is 0 Å². The van der Waals surface area contributed by atoms with Crippen LogP contribution in [0.4, 0.5) is 0 Å². The number of rotatable bonds is 12. The summed E-state index contributed by atoms with van der Waals surface area (Å²) in [6.45, 7) is 7.78. The molecule has 204 valence electrons. The Balaban J connectivity index is 1.57. The first-order chi connectivity index (χ1) is 18.3. The van der Waals surface area contributed by atoms with Crippen LogP contribution in [-0.4, -0.2) is 17.3 Å². The summed E-state index contributed by atoms with van der Waals surface area (Å²) >= 11 is 0. The zero-order valence-corrected chi connectivity index (χ0v) is 24.0. The highest BCUT2D eigenvalue weighted by Crippen LogP contribution is 2.40. The fraction of sp³-hybridized carbons (Fsp3) is 0.571. The second-order valence-corrected chi connectivity index (χ2v) is 12.2. The van der Waals surface area contributed by atoms with Crippen molar-refractivity contribution < 1.29 is 14.4 Å². The highest BCUT2D eigenvalue weighted by atomic mass is 16.1. The van der Waals surface area contributed by atoms with Crippen molar-refractivity contribution in [1.82, 2.24) is 0 Å². The highest BCUT2D eigenvalue weighted by Gasteiger charge is 2.34. The van der Waals surface area contributed by atoms with Gasteiger partial charge in [-0.3, -0.25) is 14.4 Å². The van der Waals surface area contributed by atoms with Crippen LogP contribution in [0, 0.1) is 30.6 Å². The molecule has 0 amide bonds. The van der Waals surface area contributed by atoms with Crippen molar-refractivity contribution in [3.05, 3.63) is 58.7 Å². The third-order valence-corrected chi connectivity index (χ3v) is 9.17. The molecule has 3 nitrogen and oxygen atoms in total. The molecule has 2 aliphatic carbocycles. The van der Waals surface area contributed by atoms with Crippen LogP contribution in [0.25, 0.3) is 11.1 Å². The summed E-state index contributed by atoms with van der Waals surface area (Å²) in [5.74, 6) is 1.45. The molecule has 0 bridgehead atoms. The Morgan fingerprint density at radius 3 is 2.29 bits per heavy atom. The lowest BCUT2D eigenvalue weighted by atomic mass is 9.71. The molecule has 0 radical (unpaired) electrons. The van der Waals surface area contributed by atoms with Crippen LogP contribution in [0.1, 0.15) is 112 Å². The predicted octanol–water partition coefficient (Wildman–Crippen LogP) is 8.52. The summed E-state index contributed by atoms with van der Waals surface area (Å²) in [5.41, 5.74) is 6.96. The maximum absolute atomic E-state index is 13.5. The van der Waals surface area contributed by atoms with Crippen molar-refractivity contribution >= 4 is 17.3 Å². The molecule has 0 aliphatic heterocycles. The lowest BCUT2D eigenvalue weighted by Crippen LogP contribution is -2.30. The normalized spacial score (nSPS) is 19.3. The van der Waals surface area contributed by atoms with Crippen molar-refractivity contribution in [2.75, 3.05) is 0 Å². The lowest BCUT2D eigenvalue weighted by molar-refractivity contribution is -0.129. The maximum Gasteiger partial charge on any atom is 0.163 e. The zero-order chi connectivity index (χ0) is 27.2. The molecule has 0 heterocycles. The minimum atomic E-state index is -0.0975. The van der Waals surface area contributed by atoms with E-state index in [2.05, 4.69) is 57.2 Å². The monoisotopic (exact) mass is 514 g/mol. The van der Waals surface area contributed by atoms with Crippen molar-refractivity contribution in [3.8, 4) is 11.1 Å². The number of hydrogen-bond acceptors (Lipinski definition) is 3. The van der Waals surface area contributed by atoms with Gasteiger partial charge in [0.1, 0.15) is 11.6 Å². The third kappa shape index (κ3) is 6.71. The summed E-state index contributed by atoms with van der Waals surface area (Å²) in [6.07, 6.45) is 11.7. The Bertz CT molecular complexity index is 1140. The van der Waals surface area contributed by atoms with E-state index in [-0.39, 0.29) is 41.5 Å². The fourth-order valence-corrected chi connectivity index (χ4v) is 7.38. The Labute approximate surface area is 229 Å². The first-order valence-corrected chi connectivity index (χ1v) is 15.1.